The molecule has 2 aromatic rings. The van der Waals surface area contributed by atoms with E-state index in [-0.39, 0.29) is 12.2 Å². The second-order valence-corrected chi connectivity index (χ2v) is 7.46. The van der Waals surface area contributed by atoms with Gasteiger partial charge in [-0.25, -0.2) is 9.11 Å². The van der Waals surface area contributed by atoms with Gasteiger partial charge in [0.1, 0.15) is 11.9 Å². The van der Waals surface area contributed by atoms with Crippen LogP contribution in [0.25, 0.3) is 0 Å². The number of carbonyl (C=O) groups is 1. The summed E-state index contributed by atoms with van der Waals surface area (Å²) in [5.41, 5.74) is 0.686. The summed E-state index contributed by atoms with van der Waals surface area (Å²) < 4.78 is 47.3. The highest BCUT2D eigenvalue weighted by molar-refractivity contribution is 7.87. The lowest BCUT2D eigenvalue weighted by Crippen LogP contribution is -2.48. The quantitative estimate of drug-likeness (QED) is 0.760. The first kappa shape index (κ1) is 19.4. The molecule has 0 saturated carbocycles. The molecule has 0 aromatic heterocycles. The number of benzene rings is 2. The number of rotatable bonds is 6. The molecule has 0 bridgehead atoms. The molecule has 27 heavy (non-hydrogen) atoms. The highest BCUT2D eigenvalue weighted by Crippen LogP contribution is 2.34. The van der Waals surface area contributed by atoms with E-state index in [9.17, 15) is 17.6 Å². The van der Waals surface area contributed by atoms with Crippen molar-refractivity contribution in [3.05, 3.63) is 71.5 Å². The molecule has 3 rings (SSSR count). The molecule has 7 nitrogen and oxygen atoms in total. The molecule has 144 valence electrons. The van der Waals surface area contributed by atoms with Crippen LogP contribution in [0.3, 0.4) is 0 Å². The Balaban J connectivity index is 1.83. The molecule has 1 amide bonds. The van der Waals surface area contributed by atoms with E-state index in [0.717, 1.165) is 0 Å². The van der Waals surface area contributed by atoms with Gasteiger partial charge in [-0.15, -0.1) is 0 Å². The number of hydrogen-bond acceptors (Lipinski definition) is 5. The lowest BCUT2D eigenvalue weighted by Gasteiger charge is -2.28. The molecule has 2 atom stereocenters. The van der Waals surface area contributed by atoms with Gasteiger partial charge in [-0.2, -0.15) is 8.42 Å². The smallest absolute Gasteiger partial charge is 0.326 e. The van der Waals surface area contributed by atoms with Gasteiger partial charge >= 0.3 is 10.2 Å². The normalized spacial score (nSPS) is 20.0. The van der Waals surface area contributed by atoms with Crippen LogP contribution >= 0.6 is 0 Å². The SMILES string of the molecule is CON(C1CCOC1c1cccc(F)c1)S(=O)(=O)NC(=O)c1ccccc1. The molecule has 1 aliphatic rings. The molecule has 2 unspecified atom stereocenters. The number of hydrogen-bond donors (Lipinski definition) is 1. The fourth-order valence-electron chi connectivity index (χ4n) is 3.02. The number of amides is 1. The van der Waals surface area contributed by atoms with Crippen LogP contribution in [0.15, 0.2) is 54.6 Å². The van der Waals surface area contributed by atoms with Crippen molar-refractivity contribution in [3.8, 4) is 0 Å². The van der Waals surface area contributed by atoms with E-state index in [4.69, 9.17) is 9.57 Å². The van der Waals surface area contributed by atoms with Crippen molar-refractivity contribution in [2.24, 2.45) is 0 Å². The summed E-state index contributed by atoms with van der Waals surface area (Å²) in [5, 5.41) is 0. The maximum Gasteiger partial charge on any atom is 0.326 e. The Bertz CT molecular complexity index is 907. The molecule has 0 aliphatic carbocycles. The maximum atomic E-state index is 13.5. The lowest BCUT2D eigenvalue weighted by atomic mass is 10.0. The summed E-state index contributed by atoms with van der Waals surface area (Å²) >= 11 is 0. The number of nitrogens with zero attached hydrogens (tertiary/aromatic N) is 1. The average Bonchev–Trinajstić information content (AvgIpc) is 3.11. The number of nitrogens with one attached hydrogen (secondary N) is 1. The van der Waals surface area contributed by atoms with Crippen molar-refractivity contribution >= 4 is 16.1 Å². The Morgan fingerprint density at radius 2 is 1.96 bits per heavy atom. The van der Waals surface area contributed by atoms with Crippen molar-refractivity contribution < 1.29 is 27.2 Å². The predicted molar refractivity (Wildman–Crippen MR) is 95.2 cm³/mol. The number of carbonyl (C=O) groups excluding carboxylic acids is 1. The summed E-state index contributed by atoms with van der Waals surface area (Å²) in [6, 6.07) is 12.9. The van der Waals surface area contributed by atoms with E-state index in [1.807, 2.05) is 4.72 Å². The van der Waals surface area contributed by atoms with Crippen molar-refractivity contribution in [3.63, 3.8) is 0 Å². The maximum absolute atomic E-state index is 13.5. The molecule has 0 radical (unpaired) electrons. The number of halogens is 1. The second kappa shape index (κ2) is 8.13. The fraction of sp³-hybridized carbons (Fsp3) is 0.278. The van der Waals surface area contributed by atoms with Crippen LogP contribution in [0.1, 0.15) is 28.4 Å². The molecule has 1 heterocycles. The lowest BCUT2D eigenvalue weighted by molar-refractivity contribution is -0.0984. The Labute approximate surface area is 156 Å². The third-order valence-corrected chi connectivity index (χ3v) is 5.52. The van der Waals surface area contributed by atoms with E-state index >= 15 is 0 Å². The Kier molecular flexibility index (Phi) is 5.85. The van der Waals surface area contributed by atoms with E-state index in [1.165, 1.54) is 37.4 Å². The third kappa shape index (κ3) is 4.33. The van der Waals surface area contributed by atoms with E-state index in [0.29, 0.717) is 16.5 Å². The molecule has 1 fully saturated rings. The summed E-state index contributed by atoms with van der Waals surface area (Å²) in [6.07, 6.45) is -0.390. The van der Waals surface area contributed by atoms with Crippen LogP contribution in [0, 0.1) is 5.82 Å². The van der Waals surface area contributed by atoms with Crippen molar-refractivity contribution in [1.82, 2.24) is 9.19 Å². The van der Waals surface area contributed by atoms with Crippen LogP contribution in [-0.4, -0.2) is 38.6 Å². The molecule has 1 N–H and O–H groups in total. The van der Waals surface area contributed by atoms with Gasteiger partial charge in [-0.3, -0.25) is 9.63 Å². The van der Waals surface area contributed by atoms with Crippen molar-refractivity contribution in [1.29, 1.82) is 0 Å². The number of ether oxygens (including phenoxy) is 1. The summed E-state index contributed by atoms with van der Waals surface area (Å²) in [6.45, 7) is 0.272. The van der Waals surface area contributed by atoms with Gasteiger partial charge in [-0.05, 0) is 36.2 Å². The molecule has 2 aromatic carbocycles. The first-order chi connectivity index (χ1) is 12.9. The average molecular weight is 394 g/mol. The van der Waals surface area contributed by atoms with Gasteiger partial charge in [0, 0.05) is 12.2 Å². The minimum Gasteiger partial charge on any atom is -0.372 e. The summed E-state index contributed by atoms with van der Waals surface area (Å²) in [5.74, 6) is -1.23. The van der Waals surface area contributed by atoms with Gasteiger partial charge in [0.25, 0.3) is 5.91 Å². The standard InChI is InChI=1S/C18H19FN2O5S/c1-25-21(27(23,24)20-18(22)13-6-3-2-4-7-13)16-10-11-26-17(16)14-8-5-9-15(19)12-14/h2-9,12,16-17H,10-11H2,1H3,(H,20,22). The number of hydroxylamine groups is 1. The van der Waals surface area contributed by atoms with Gasteiger partial charge in [0.05, 0.1) is 13.2 Å². The van der Waals surface area contributed by atoms with E-state index in [1.54, 1.807) is 24.3 Å². The molecular formula is C18H19FN2O5S. The zero-order chi connectivity index (χ0) is 19.4. The Hall–Kier alpha value is -2.33. The third-order valence-electron chi connectivity index (χ3n) is 4.18. The van der Waals surface area contributed by atoms with E-state index in [2.05, 4.69) is 0 Å². The topological polar surface area (TPSA) is 84.9 Å². The van der Waals surface area contributed by atoms with Gasteiger partial charge < -0.3 is 4.74 Å². The van der Waals surface area contributed by atoms with Crippen molar-refractivity contribution in [2.45, 2.75) is 18.6 Å². The molecule has 1 saturated heterocycles. The highest BCUT2D eigenvalue weighted by atomic mass is 32.2. The Morgan fingerprint density at radius 1 is 1.22 bits per heavy atom. The van der Waals surface area contributed by atoms with Gasteiger partial charge in [-0.1, -0.05) is 34.8 Å². The first-order valence-corrected chi connectivity index (χ1v) is 9.69. The highest BCUT2D eigenvalue weighted by Gasteiger charge is 2.41. The Morgan fingerprint density at radius 3 is 2.63 bits per heavy atom. The van der Waals surface area contributed by atoms with Gasteiger partial charge in [0.15, 0.2) is 0 Å². The molecular weight excluding hydrogens is 375 g/mol. The molecule has 1 aliphatic heterocycles. The zero-order valence-corrected chi connectivity index (χ0v) is 15.4. The largest absolute Gasteiger partial charge is 0.372 e. The monoisotopic (exact) mass is 394 g/mol. The zero-order valence-electron chi connectivity index (χ0n) is 14.5. The summed E-state index contributed by atoms with van der Waals surface area (Å²) in [7, 11) is -3.13. The van der Waals surface area contributed by atoms with Gasteiger partial charge in [0.2, 0.25) is 0 Å². The molecule has 0 spiro atoms. The van der Waals surface area contributed by atoms with Crippen molar-refractivity contribution in [2.75, 3.05) is 13.7 Å². The summed E-state index contributed by atoms with van der Waals surface area (Å²) in [4.78, 5) is 17.3. The van der Waals surface area contributed by atoms with Crippen LogP contribution in [0.4, 0.5) is 4.39 Å². The predicted octanol–water partition coefficient (Wildman–Crippen LogP) is 2.19. The minimum absolute atomic E-state index is 0.196. The first-order valence-electron chi connectivity index (χ1n) is 8.25. The fourth-order valence-corrected chi connectivity index (χ4v) is 4.23. The van der Waals surface area contributed by atoms with Crippen LogP contribution in [-0.2, 0) is 19.8 Å². The van der Waals surface area contributed by atoms with Crippen LogP contribution < -0.4 is 4.72 Å². The van der Waals surface area contributed by atoms with E-state index < -0.39 is 34.1 Å². The minimum atomic E-state index is -4.32. The van der Waals surface area contributed by atoms with Crippen LogP contribution in [0.5, 0.6) is 0 Å². The molecule has 9 heteroatoms. The second-order valence-electron chi connectivity index (χ2n) is 5.94. The van der Waals surface area contributed by atoms with Crippen LogP contribution in [0.2, 0.25) is 0 Å².